The molecule has 1 saturated heterocycles. The van der Waals surface area contributed by atoms with E-state index in [1.54, 1.807) is 0 Å². The number of hydrogen-bond acceptors (Lipinski definition) is 2. The van der Waals surface area contributed by atoms with Crippen molar-refractivity contribution in [2.75, 3.05) is 13.2 Å². The number of hydrogen-bond donors (Lipinski definition) is 1. The number of ether oxygens (including phenoxy) is 1. The molecule has 1 aliphatic rings. The van der Waals surface area contributed by atoms with E-state index in [2.05, 4.69) is 56.4 Å². The lowest BCUT2D eigenvalue weighted by Gasteiger charge is -2.26. The Hall–Kier alpha value is -1.12. The van der Waals surface area contributed by atoms with Crippen molar-refractivity contribution in [3.8, 4) is 0 Å². The summed E-state index contributed by atoms with van der Waals surface area (Å²) in [6.07, 6.45) is 4.39. The minimum absolute atomic E-state index is 0.333. The van der Waals surface area contributed by atoms with Crippen LogP contribution in [0.15, 0.2) is 24.3 Å². The summed E-state index contributed by atoms with van der Waals surface area (Å²) in [6.45, 7) is 8.01. The van der Waals surface area contributed by atoms with E-state index in [-0.39, 0.29) is 0 Å². The SMILES string of the molecule is Cc1ccc(/C=C/C2COCC(C)N2)c(C)c1. The molecule has 0 radical (unpaired) electrons. The van der Waals surface area contributed by atoms with Crippen molar-refractivity contribution in [3.63, 3.8) is 0 Å². The topological polar surface area (TPSA) is 21.3 Å². The van der Waals surface area contributed by atoms with Crippen LogP contribution in [0.4, 0.5) is 0 Å². The number of nitrogens with one attached hydrogen (secondary N) is 1. The minimum atomic E-state index is 0.333. The predicted molar refractivity (Wildman–Crippen MR) is 72.2 cm³/mol. The van der Waals surface area contributed by atoms with Gasteiger partial charge in [0.25, 0.3) is 0 Å². The van der Waals surface area contributed by atoms with Gasteiger partial charge in [-0.3, -0.25) is 0 Å². The summed E-state index contributed by atoms with van der Waals surface area (Å²) in [5, 5.41) is 3.51. The van der Waals surface area contributed by atoms with E-state index in [9.17, 15) is 0 Å². The van der Waals surface area contributed by atoms with Crippen molar-refractivity contribution in [2.24, 2.45) is 0 Å². The second kappa shape index (κ2) is 5.48. The van der Waals surface area contributed by atoms with Gasteiger partial charge < -0.3 is 10.1 Å². The van der Waals surface area contributed by atoms with Crippen LogP contribution in [0.5, 0.6) is 0 Å². The highest BCUT2D eigenvalue weighted by Gasteiger charge is 2.15. The molecule has 1 aromatic rings. The Morgan fingerprint density at radius 1 is 1.29 bits per heavy atom. The average molecular weight is 231 g/mol. The van der Waals surface area contributed by atoms with Gasteiger partial charge in [-0.25, -0.2) is 0 Å². The highest BCUT2D eigenvalue weighted by molar-refractivity contribution is 5.54. The van der Waals surface area contributed by atoms with Crippen LogP contribution in [0.2, 0.25) is 0 Å². The van der Waals surface area contributed by atoms with Crippen molar-refractivity contribution in [2.45, 2.75) is 32.9 Å². The summed E-state index contributed by atoms with van der Waals surface area (Å²) in [5.41, 5.74) is 3.93. The lowest BCUT2D eigenvalue weighted by molar-refractivity contribution is 0.0637. The first kappa shape index (κ1) is 12.3. The van der Waals surface area contributed by atoms with Gasteiger partial charge in [-0.05, 0) is 31.9 Å². The largest absolute Gasteiger partial charge is 0.378 e. The van der Waals surface area contributed by atoms with E-state index >= 15 is 0 Å². The van der Waals surface area contributed by atoms with Gasteiger partial charge in [-0.1, -0.05) is 35.9 Å². The minimum Gasteiger partial charge on any atom is -0.378 e. The van der Waals surface area contributed by atoms with Crippen LogP contribution in [0.1, 0.15) is 23.6 Å². The Kier molecular flexibility index (Phi) is 3.97. The lowest BCUT2D eigenvalue weighted by atomic mass is 10.0. The molecule has 1 aromatic carbocycles. The monoisotopic (exact) mass is 231 g/mol. The second-order valence-electron chi connectivity index (χ2n) is 4.93. The van der Waals surface area contributed by atoms with Gasteiger partial charge in [0, 0.05) is 12.1 Å². The van der Waals surface area contributed by atoms with E-state index < -0.39 is 0 Å². The normalized spacial score (nSPS) is 25.4. The van der Waals surface area contributed by atoms with Crippen molar-refractivity contribution < 1.29 is 4.74 Å². The van der Waals surface area contributed by atoms with Gasteiger partial charge >= 0.3 is 0 Å². The maximum Gasteiger partial charge on any atom is 0.0656 e. The highest BCUT2D eigenvalue weighted by Crippen LogP contribution is 2.13. The van der Waals surface area contributed by atoms with Crippen molar-refractivity contribution in [1.82, 2.24) is 5.32 Å². The zero-order valence-electron chi connectivity index (χ0n) is 10.9. The van der Waals surface area contributed by atoms with Crippen LogP contribution in [0.3, 0.4) is 0 Å². The molecule has 2 heteroatoms. The Bertz CT molecular complexity index is 411. The van der Waals surface area contributed by atoms with Crippen molar-refractivity contribution >= 4 is 6.08 Å². The molecule has 0 amide bonds. The molecule has 2 rings (SSSR count). The van der Waals surface area contributed by atoms with E-state index in [1.165, 1.54) is 16.7 Å². The molecule has 1 aliphatic heterocycles. The molecule has 1 fully saturated rings. The molecule has 1 N–H and O–H groups in total. The number of aryl methyl sites for hydroxylation is 2. The predicted octanol–water partition coefficient (Wildman–Crippen LogP) is 2.69. The maximum absolute atomic E-state index is 5.52. The summed E-state index contributed by atoms with van der Waals surface area (Å²) in [7, 11) is 0. The molecule has 0 bridgehead atoms. The summed E-state index contributed by atoms with van der Waals surface area (Å²) in [6, 6.07) is 7.32. The summed E-state index contributed by atoms with van der Waals surface area (Å²) in [4.78, 5) is 0. The van der Waals surface area contributed by atoms with Gasteiger partial charge in [-0.2, -0.15) is 0 Å². The molecular formula is C15H21NO. The van der Waals surface area contributed by atoms with Crippen LogP contribution < -0.4 is 5.32 Å². The lowest BCUT2D eigenvalue weighted by Crippen LogP contribution is -2.46. The van der Waals surface area contributed by atoms with Crippen molar-refractivity contribution in [3.05, 3.63) is 41.0 Å². The summed E-state index contributed by atoms with van der Waals surface area (Å²) < 4.78 is 5.52. The van der Waals surface area contributed by atoms with E-state index in [1.807, 2.05) is 0 Å². The van der Waals surface area contributed by atoms with Gasteiger partial charge in [0.15, 0.2) is 0 Å². The average Bonchev–Trinajstić information content (AvgIpc) is 2.28. The standard InChI is InChI=1S/C15H21NO/c1-11-4-5-14(12(2)8-11)6-7-15-10-17-9-13(3)16-15/h4-8,13,15-16H,9-10H2,1-3H3/b7-6+. The summed E-state index contributed by atoms with van der Waals surface area (Å²) in [5.74, 6) is 0. The van der Waals surface area contributed by atoms with E-state index in [0.29, 0.717) is 12.1 Å². The molecule has 2 nitrogen and oxygen atoms in total. The molecule has 1 heterocycles. The fraction of sp³-hybridized carbons (Fsp3) is 0.467. The van der Waals surface area contributed by atoms with Gasteiger partial charge in [0.2, 0.25) is 0 Å². The fourth-order valence-corrected chi connectivity index (χ4v) is 2.18. The third-order valence-electron chi connectivity index (χ3n) is 3.10. The Labute approximate surface area is 104 Å². The smallest absolute Gasteiger partial charge is 0.0656 e. The third kappa shape index (κ3) is 3.42. The first-order valence-electron chi connectivity index (χ1n) is 6.24. The molecule has 92 valence electrons. The zero-order chi connectivity index (χ0) is 12.3. The quantitative estimate of drug-likeness (QED) is 0.845. The molecule has 17 heavy (non-hydrogen) atoms. The first-order chi connectivity index (χ1) is 8.15. The molecule has 0 aromatic heterocycles. The second-order valence-corrected chi connectivity index (χ2v) is 4.93. The van der Waals surface area contributed by atoms with Crippen LogP contribution in [-0.4, -0.2) is 25.3 Å². The van der Waals surface area contributed by atoms with E-state index in [4.69, 9.17) is 4.74 Å². The first-order valence-corrected chi connectivity index (χ1v) is 6.24. The molecule has 0 spiro atoms. The van der Waals surface area contributed by atoms with Gasteiger partial charge in [0.1, 0.15) is 0 Å². The Balaban J connectivity index is 2.04. The summed E-state index contributed by atoms with van der Waals surface area (Å²) >= 11 is 0. The van der Waals surface area contributed by atoms with Crippen LogP contribution in [-0.2, 0) is 4.74 Å². The van der Waals surface area contributed by atoms with Gasteiger partial charge in [0.05, 0.1) is 13.2 Å². The number of rotatable bonds is 2. The number of morpholine rings is 1. The van der Waals surface area contributed by atoms with Crippen molar-refractivity contribution in [1.29, 1.82) is 0 Å². The third-order valence-corrected chi connectivity index (χ3v) is 3.10. The molecule has 2 unspecified atom stereocenters. The molecular weight excluding hydrogens is 210 g/mol. The zero-order valence-corrected chi connectivity index (χ0v) is 10.9. The molecule has 0 saturated carbocycles. The Morgan fingerprint density at radius 3 is 2.82 bits per heavy atom. The van der Waals surface area contributed by atoms with Crippen LogP contribution in [0, 0.1) is 13.8 Å². The van der Waals surface area contributed by atoms with Crippen LogP contribution in [0.25, 0.3) is 6.08 Å². The fourth-order valence-electron chi connectivity index (χ4n) is 2.18. The van der Waals surface area contributed by atoms with Gasteiger partial charge in [-0.15, -0.1) is 0 Å². The maximum atomic E-state index is 5.52. The number of benzene rings is 1. The molecule has 2 atom stereocenters. The van der Waals surface area contributed by atoms with Crippen LogP contribution >= 0.6 is 0 Å². The Morgan fingerprint density at radius 2 is 2.12 bits per heavy atom. The van der Waals surface area contributed by atoms with E-state index in [0.717, 1.165) is 13.2 Å². The highest BCUT2D eigenvalue weighted by atomic mass is 16.5. The molecule has 0 aliphatic carbocycles.